The molecule has 7 heteroatoms. The van der Waals surface area contributed by atoms with E-state index in [0.29, 0.717) is 5.02 Å². The molecule has 2 N–H and O–H groups in total. The first-order valence-electron chi connectivity index (χ1n) is 6.09. The Morgan fingerprint density at radius 2 is 2.00 bits per heavy atom. The Hall–Kier alpha value is -2.60. The molecule has 0 unspecified atom stereocenters. The van der Waals surface area contributed by atoms with Crippen LogP contribution in [0.5, 0.6) is 5.88 Å². The van der Waals surface area contributed by atoms with E-state index in [4.69, 9.17) is 21.4 Å². The zero-order valence-corrected chi connectivity index (χ0v) is 11.5. The first-order valence-corrected chi connectivity index (χ1v) is 6.46. The first-order chi connectivity index (χ1) is 10.1. The Morgan fingerprint density at radius 1 is 1.24 bits per heavy atom. The maximum absolute atomic E-state index is 10.9. The molecule has 0 fully saturated rings. The van der Waals surface area contributed by atoms with Crippen LogP contribution < -0.4 is 4.74 Å². The fraction of sp³-hybridized carbons (Fsp3) is 0.0714. The number of halogens is 1. The number of ether oxygens (including phenoxy) is 1. The lowest BCUT2D eigenvalue weighted by atomic mass is 10.1. The van der Waals surface area contributed by atoms with Gasteiger partial charge in [0.1, 0.15) is 6.61 Å². The van der Waals surface area contributed by atoms with Gasteiger partial charge in [-0.15, -0.1) is 0 Å². The summed E-state index contributed by atoms with van der Waals surface area (Å²) in [7, 11) is 0. The van der Waals surface area contributed by atoms with Gasteiger partial charge in [0.05, 0.1) is 0 Å². The number of aromatic nitrogens is 3. The molecule has 0 bridgehead atoms. The van der Waals surface area contributed by atoms with Gasteiger partial charge >= 0.3 is 5.97 Å². The van der Waals surface area contributed by atoms with Gasteiger partial charge in [0.15, 0.2) is 0 Å². The van der Waals surface area contributed by atoms with Crippen LogP contribution in [0.3, 0.4) is 0 Å². The number of carboxylic acids is 1. The number of H-pyrrole nitrogens is 1. The maximum atomic E-state index is 10.9. The third kappa shape index (κ3) is 2.80. The average Bonchev–Trinajstić information content (AvgIpc) is 2.93. The molecular weight excluding hydrogens is 294 g/mol. The van der Waals surface area contributed by atoms with Gasteiger partial charge in [0.2, 0.25) is 5.69 Å². The number of rotatable bonds is 4. The molecule has 0 aliphatic carbocycles. The van der Waals surface area contributed by atoms with Gasteiger partial charge in [-0.25, -0.2) is 9.89 Å². The van der Waals surface area contributed by atoms with E-state index < -0.39 is 5.97 Å². The average molecular weight is 304 g/mol. The van der Waals surface area contributed by atoms with Gasteiger partial charge in [0, 0.05) is 5.02 Å². The summed E-state index contributed by atoms with van der Waals surface area (Å²) in [5.41, 5.74) is 0.728. The maximum Gasteiger partial charge on any atom is 0.359 e. The van der Waals surface area contributed by atoms with Crippen molar-refractivity contribution in [3.05, 3.63) is 52.7 Å². The van der Waals surface area contributed by atoms with Crippen LogP contribution in [-0.2, 0) is 6.61 Å². The molecule has 106 valence electrons. The van der Waals surface area contributed by atoms with Gasteiger partial charge in [-0.05, 0) is 34.5 Å². The monoisotopic (exact) mass is 303 g/mol. The number of carboxylic acid groups (broad SMARTS) is 1. The Labute approximate surface area is 124 Å². The number of nitrogens with zero attached hydrogens (tertiary/aromatic N) is 2. The van der Waals surface area contributed by atoms with E-state index in [1.54, 1.807) is 0 Å². The number of nitrogens with one attached hydrogen (secondary N) is 1. The zero-order chi connectivity index (χ0) is 14.8. The highest BCUT2D eigenvalue weighted by Gasteiger charge is 2.15. The largest absolute Gasteiger partial charge is 0.476 e. The number of carbonyl (C=O) groups is 1. The van der Waals surface area contributed by atoms with Crippen LogP contribution in [0.15, 0.2) is 36.4 Å². The van der Waals surface area contributed by atoms with Crippen molar-refractivity contribution in [3.8, 4) is 5.88 Å². The minimum atomic E-state index is -1.16. The van der Waals surface area contributed by atoms with E-state index in [0.717, 1.165) is 16.3 Å². The number of benzene rings is 2. The van der Waals surface area contributed by atoms with Crippen LogP contribution in [0, 0.1) is 0 Å². The number of aromatic amines is 1. The molecule has 0 aliphatic rings. The van der Waals surface area contributed by atoms with E-state index >= 15 is 0 Å². The van der Waals surface area contributed by atoms with Crippen molar-refractivity contribution in [3.63, 3.8) is 0 Å². The normalized spacial score (nSPS) is 10.7. The Bertz CT molecular complexity index is 816. The molecule has 3 aromatic rings. The SMILES string of the molecule is O=C(O)c1[nH]nnc1OCc1ccc2cc(Cl)ccc2c1. The van der Waals surface area contributed by atoms with Crippen LogP contribution in [0.4, 0.5) is 0 Å². The fourth-order valence-corrected chi connectivity index (χ4v) is 2.15. The fourth-order valence-electron chi connectivity index (χ4n) is 1.97. The highest BCUT2D eigenvalue weighted by atomic mass is 35.5. The topological polar surface area (TPSA) is 88.1 Å². The minimum absolute atomic E-state index is 0.0290. The van der Waals surface area contributed by atoms with Crippen LogP contribution in [-0.4, -0.2) is 26.5 Å². The van der Waals surface area contributed by atoms with Crippen molar-refractivity contribution >= 4 is 28.3 Å². The summed E-state index contributed by atoms with van der Waals surface area (Å²) in [6.07, 6.45) is 0. The lowest BCUT2D eigenvalue weighted by Gasteiger charge is -2.05. The van der Waals surface area contributed by atoms with Crippen molar-refractivity contribution in [2.75, 3.05) is 0 Å². The van der Waals surface area contributed by atoms with Crippen LogP contribution >= 0.6 is 11.6 Å². The van der Waals surface area contributed by atoms with Gasteiger partial charge in [-0.3, -0.25) is 0 Å². The lowest BCUT2D eigenvalue weighted by Crippen LogP contribution is -2.03. The molecule has 0 radical (unpaired) electrons. The van der Waals surface area contributed by atoms with Crippen LogP contribution in [0.25, 0.3) is 10.8 Å². The van der Waals surface area contributed by atoms with Gasteiger partial charge < -0.3 is 9.84 Å². The zero-order valence-electron chi connectivity index (χ0n) is 10.7. The standard InChI is InChI=1S/C14H10ClN3O3/c15-11-4-3-9-5-8(1-2-10(9)6-11)7-21-13-12(14(19)20)16-18-17-13/h1-6H,7H2,(H,19,20)(H,16,17,18). The highest BCUT2D eigenvalue weighted by Crippen LogP contribution is 2.21. The molecule has 1 heterocycles. The van der Waals surface area contributed by atoms with E-state index in [2.05, 4.69) is 15.4 Å². The van der Waals surface area contributed by atoms with E-state index in [1.807, 2.05) is 36.4 Å². The molecule has 0 amide bonds. The lowest BCUT2D eigenvalue weighted by molar-refractivity contribution is 0.0685. The van der Waals surface area contributed by atoms with Gasteiger partial charge in [-0.1, -0.05) is 40.1 Å². The predicted octanol–water partition coefficient (Wildman–Crippen LogP) is 2.89. The molecule has 6 nitrogen and oxygen atoms in total. The number of hydrogen-bond donors (Lipinski definition) is 2. The molecule has 0 atom stereocenters. The summed E-state index contributed by atoms with van der Waals surface area (Å²) in [6, 6.07) is 11.4. The Balaban J connectivity index is 1.80. The third-order valence-electron chi connectivity index (χ3n) is 2.97. The van der Waals surface area contributed by atoms with Crippen molar-refractivity contribution < 1.29 is 14.6 Å². The second-order valence-corrected chi connectivity index (χ2v) is 4.85. The van der Waals surface area contributed by atoms with Gasteiger partial charge in [-0.2, -0.15) is 0 Å². The van der Waals surface area contributed by atoms with Crippen LogP contribution in [0.1, 0.15) is 16.1 Å². The summed E-state index contributed by atoms with van der Waals surface area (Å²) >= 11 is 5.94. The molecule has 3 rings (SSSR count). The quantitative estimate of drug-likeness (QED) is 0.773. The van der Waals surface area contributed by atoms with Crippen molar-refractivity contribution in [2.45, 2.75) is 6.61 Å². The molecule has 1 aromatic heterocycles. The van der Waals surface area contributed by atoms with Crippen molar-refractivity contribution in [1.29, 1.82) is 0 Å². The predicted molar refractivity (Wildman–Crippen MR) is 76.6 cm³/mol. The van der Waals surface area contributed by atoms with E-state index in [-0.39, 0.29) is 18.2 Å². The smallest absolute Gasteiger partial charge is 0.359 e. The highest BCUT2D eigenvalue weighted by molar-refractivity contribution is 6.31. The van der Waals surface area contributed by atoms with E-state index in [1.165, 1.54) is 0 Å². The van der Waals surface area contributed by atoms with Gasteiger partial charge in [0.25, 0.3) is 5.88 Å². The Morgan fingerprint density at radius 3 is 2.81 bits per heavy atom. The summed E-state index contributed by atoms with van der Waals surface area (Å²) in [6.45, 7) is 0.200. The first kappa shape index (κ1) is 13.4. The summed E-state index contributed by atoms with van der Waals surface area (Å²) < 4.78 is 5.39. The summed E-state index contributed by atoms with van der Waals surface area (Å²) in [5, 5.41) is 20.9. The minimum Gasteiger partial charge on any atom is -0.476 e. The molecular formula is C14H10ClN3O3. The number of fused-ring (bicyclic) bond motifs is 1. The molecule has 0 saturated heterocycles. The second-order valence-electron chi connectivity index (χ2n) is 4.41. The second kappa shape index (κ2) is 5.41. The molecule has 21 heavy (non-hydrogen) atoms. The Kier molecular flexibility index (Phi) is 3.45. The molecule has 0 spiro atoms. The number of aromatic carboxylic acids is 1. The number of hydrogen-bond acceptors (Lipinski definition) is 4. The summed E-state index contributed by atoms with van der Waals surface area (Å²) in [4.78, 5) is 10.9. The van der Waals surface area contributed by atoms with Crippen molar-refractivity contribution in [2.24, 2.45) is 0 Å². The van der Waals surface area contributed by atoms with Crippen LogP contribution in [0.2, 0.25) is 5.02 Å². The third-order valence-corrected chi connectivity index (χ3v) is 3.21. The molecule has 0 aliphatic heterocycles. The molecule has 0 saturated carbocycles. The van der Waals surface area contributed by atoms with E-state index in [9.17, 15) is 4.79 Å². The summed E-state index contributed by atoms with van der Waals surface area (Å²) in [5.74, 6) is -1.19. The van der Waals surface area contributed by atoms with Crippen molar-refractivity contribution in [1.82, 2.24) is 15.4 Å². The molecule has 2 aromatic carbocycles.